The van der Waals surface area contributed by atoms with Gasteiger partial charge in [0, 0.05) is 5.56 Å². The van der Waals surface area contributed by atoms with E-state index in [-0.39, 0.29) is 23.4 Å². The van der Waals surface area contributed by atoms with Crippen LogP contribution in [-0.2, 0) is 4.79 Å². The molecule has 1 fully saturated rings. The molecule has 0 radical (unpaired) electrons. The molecular formula is C21H18O4. The van der Waals surface area contributed by atoms with Crippen LogP contribution >= 0.6 is 0 Å². The molecule has 25 heavy (non-hydrogen) atoms. The smallest absolute Gasteiger partial charge is 0.314 e. The van der Waals surface area contributed by atoms with Gasteiger partial charge in [-0.15, -0.1) is 0 Å². The highest BCUT2D eigenvalue weighted by Crippen LogP contribution is 2.40. The van der Waals surface area contributed by atoms with E-state index in [0.29, 0.717) is 22.6 Å². The number of benzene rings is 2. The Balaban J connectivity index is 1.66. The van der Waals surface area contributed by atoms with Crippen LogP contribution in [-0.4, -0.2) is 11.8 Å². The van der Waals surface area contributed by atoms with E-state index in [1.165, 1.54) is 0 Å². The second-order valence-corrected chi connectivity index (χ2v) is 6.56. The van der Waals surface area contributed by atoms with Crippen LogP contribution in [0.15, 0.2) is 42.2 Å². The van der Waals surface area contributed by atoms with Crippen molar-refractivity contribution >= 4 is 17.8 Å². The molecule has 4 nitrogen and oxygen atoms in total. The number of carbonyl (C=O) groups is 2. The predicted molar refractivity (Wildman–Crippen MR) is 93.7 cm³/mol. The summed E-state index contributed by atoms with van der Waals surface area (Å²) in [7, 11) is 0. The second kappa shape index (κ2) is 5.88. The lowest BCUT2D eigenvalue weighted by atomic mass is 10.0. The summed E-state index contributed by atoms with van der Waals surface area (Å²) >= 11 is 0. The van der Waals surface area contributed by atoms with Crippen LogP contribution in [0.1, 0.15) is 39.9 Å². The van der Waals surface area contributed by atoms with Gasteiger partial charge in [-0.25, -0.2) is 0 Å². The highest BCUT2D eigenvalue weighted by molar-refractivity contribution is 6.15. The average molecular weight is 334 g/mol. The zero-order valence-corrected chi connectivity index (χ0v) is 14.2. The highest BCUT2D eigenvalue weighted by atomic mass is 16.5. The van der Waals surface area contributed by atoms with Crippen molar-refractivity contribution in [2.45, 2.75) is 26.7 Å². The van der Waals surface area contributed by atoms with E-state index in [1.54, 1.807) is 25.1 Å². The molecule has 0 N–H and O–H groups in total. The fourth-order valence-corrected chi connectivity index (χ4v) is 2.88. The van der Waals surface area contributed by atoms with Crippen molar-refractivity contribution in [3.05, 3.63) is 64.4 Å². The Hall–Kier alpha value is -2.88. The summed E-state index contributed by atoms with van der Waals surface area (Å²) in [5.74, 6) is 0.890. The highest BCUT2D eigenvalue weighted by Gasteiger charge is 2.34. The van der Waals surface area contributed by atoms with Crippen LogP contribution in [0.25, 0.3) is 6.08 Å². The first-order chi connectivity index (χ1) is 12.0. The van der Waals surface area contributed by atoms with Crippen LogP contribution in [0.3, 0.4) is 0 Å². The van der Waals surface area contributed by atoms with E-state index in [1.807, 2.05) is 31.2 Å². The molecule has 2 aliphatic rings. The molecule has 0 atom stereocenters. The lowest BCUT2D eigenvalue weighted by Crippen LogP contribution is -2.10. The Labute approximate surface area is 146 Å². The maximum atomic E-state index is 12.6. The molecule has 4 rings (SSSR count). The lowest BCUT2D eigenvalue weighted by molar-refractivity contribution is -0.135. The summed E-state index contributed by atoms with van der Waals surface area (Å²) in [6.45, 7) is 3.79. The number of ketones is 1. The molecule has 2 aromatic rings. The van der Waals surface area contributed by atoms with Gasteiger partial charge in [-0.05, 0) is 56.0 Å². The summed E-state index contributed by atoms with van der Waals surface area (Å²) in [6.07, 6.45) is 3.54. The number of Topliss-reactive ketones (excluding diaryl/α,β-unsaturated/α-hetero) is 1. The van der Waals surface area contributed by atoms with Crippen molar-refractivity contribution < 1.29 is 19.1 Å². The SMILES string of the molecule is Cc1ccccc1/C=C1\Oc2c(ccc(OC(=O)C3CC3)c2C)C1=O. The van der Waals surface area contributed by atoms with Crippen molar-refractivity contribution in [1.29, 1.82) is 0 Å². The number of aryl methyl sites for hydroxylation is 1. The Morgan fingerprint density at radius 2 is 1.92 bits per heavy atom. The van der Waals surface area contributed by atoms with Gasteiger partial charge >= 0.3 is 5.97 Å². The normalized spacial score (nSPS) is 17.4. The van der Waals surface area contributed by atoms with E-state index in [4.69, 9.17) is 9.47 Å². The zero-order valence-electron chi connectivity index (χ0n) is 14.2. The maximum Gasteiger partial charge on any atom is 0.314 e. The summed E-state index contributed by atoms with van der Waals surface area (Å²) in [6, 6.07) is 11.1. The van der Waals surface area contributed by atoms with E-state index >= 15 is 0 Å². The third-order valence-electron chi connectivity index (χ3n) is 4.63. The minimum absolute atomic E-state index is 0.0201. The maximum absolute atomic E-state index is 12.6. The topological polar surface area (TPSA) is 52.6 Å². The largest absolute Gasteiger partial charge is 0.452 e. The van der Waals surface area contributed by atoms with Gasteiger partial charge in [-0.1, -0.05) is 24.3 Å². The quantitative estimate of drug-likeness (QED) is 0.479. The number of esters is 1. The molecular weight excluding hydrogens is 316 g/mol. The Morgan fingerprint density at radius 1 is 1.16 bits per heavy atom. The molecule has 1 aliphatic carbocycles. The van der Waals surface area contributed by atoms with Crippen molar-refractivity contribution in [2.75, 3.05) is 0 Å². The van der Waals surface area contributed by atoms with Gasteiger partial charge in [0.15, 0.2) is 5.76 Å². The minimum Gasteiger partial charge on any atom is -0.452 e. The Morgan fingerprint density at radius 3 is 2.64 bits per heavy atom. The standard InChI is InChI=1S/C21H18O4/c1-12-5-3-4-6-15(12)11-18-19(22)16-9-10-17(13(2)20(16)24-18)25-21(23)14-7-8-14/h3-6,9-11,14H,7-8H2,1-2H3/b18-11-. The molecule has 126 valence electrons. The first-order valence-electron chi connectivity index (χ1n) is 8.40. The number of carbonyl (C=O) groups excluding carboxylic acids is 2. The fraction of sp³-hybridized carbons (Fsp3) is 0.238. The summed E-state index contributed by atoms with van der Waals surface area (Å²) in [5.41, 5.74) is 3.19. The molecule has 0 spiro atoms. The first-order valence-corrected chi connectivity index (χ1v) is 8.40. The van der Waals surface area contributed by atoms with E-state index in [0.717, 1.165) is 24.0 Å². The third kappa shape index (κ3) is 2.84. The number of rotatable bonds is 3. The summed E-state index contributed by atoms with van der Waals surface area (Å²) < 4.78 is 11.3. The summed E-state index contributed by atoms with van der Waals surface area (Å²) in [5, 5.41) is 0. The number of hydrogen-bond acceptors (Lipinski definition) is 4. The molecule has 1 heterocycles. The minimum atomic E-state index is -0.206. The fourth-order valence-electron chi connectivity index (χ4n) is 2.88. The van der Waals surface area contributed by atoms with Gasteiger partial charge in [0.2, 0.25) is 5.78 Å². The molecule has 0 amide bonds. The van der Waals surface area contributed by atoms with Gasteiger partial charge in [-0.3, -0.25) is 9.59 Å². The molecule has 0 saturated heterocycles. The molecule has 1 aliphatic heterocycles. The van der Waals surface area contributed by atoms with E-state index in [2.05, 4.69) is 0 Å². The van der Waals surface area contributed by atoms with Crippen LogP contribution in [0.5, 0.6) is 11.5 Å². The molecule has 2 aromatic carbocycles. The molecule has 0 bridgehead atoms. The van der Waals surface area contributed by atoms with Crippen LogP contribution < -0.4 is 9.47 Å². The lowest BCUT2D eigenvalue weighted by Gasteiger charge is -2.09. The van der Waals surface area contributed by atoms with Crippen molar-refractivity contribution in [2.24, 2.45) is 5.92 Å². The van der Waals surface area contributed by atoms with Gasteiger partial charge in [0.1, 0.15) is 11.5 Å². The number of ether oxygens (including phenoxy) is 2. The predicted octanol–water partition coefficient (Wildman–Crippen LogP) is 4.24. The number of fused-ring (bicyclic) bond motifs is 1. The van der Waals surface area contributed by atoms with E-state index < -0.39 is 0 Å². The van der Waals surface area contributed by atoms with E-state index in [9.17, 15) is 9.59 Å². The van der Waals surface area contributed by atoms with Crippen molar-refractivity contribution in [3.8, 4) is 11.5 Å². The monoisotopic (exact) mass is 334 g/mol. The summed E-state index contributed by atoms with van der Waals surface area (Å²) in [4.78, 5) is 24.5. The second-order valence-electron chi connectivity index (χ2n) is 6.56. The molecule has 4 heteroatoms. The Kier molecular flexibility index (Phi) is 3.68. The van der Waals surface area contributed by atoms with Crippen molar-refractivity contribution in [1.82, 2.24) is 0 Å². The zero-order chi connectivity index (χ0) is 17.6. The van der Waals surface area contributed by atoms with Gasteiger partial charge in [-0.2, -0.15) is 0 Å². The van der Waals surface area contributed by atoms with Crippen LogP contribution in [0.2, 0.25) is 0 Å². The van der Waals surface area contributed by atoms with Crippen LogP contribution in [0.4, 0.5) is 0 Å². The van der Waals surface area contributed by atoms with Gasteiger partial charge in [0.25, 0.3) is 0 Å². The van der Waals surface area contributed by atoms with Gasteiger partial charge in [0.05, 0.1) is 11.5 Å². The van der Waals surface area contributed by atoms with Crippen LogP contribution in [0, 0.1) is 19.8 Å². The Bertz CT molecular complexity index is 919. The third-order valence-corrected chi connectivity index (χ3v) is 4.63. The number of allylic oxidation sites excluding steroid dienone is 1. The first kappa shape index (κ1) is 15.6. The van der Waals surface area contributed by atoms with Crippen molar-refractivity contribution in [3.63, 3.8) is 0 Å². The average Bonchev–Trinajstić information content (AvgIpc) is 3.39. The molecule has 0 aromatic heterocycles. The number of hydrogen-bond donors (Lipinski definition) is 0. The molecule has 0 unspecified atom stereocenters. The molecule has 1 saturated carbocycles. The van der Waals surface area contributed by atoms with Gasteiger partial charge < -0.3 is 9.47 Å².